The average Bonchev–Trinajstić information content (AvgIpc) is 2.65. The lowest BCUT2D eigenvalue weighted by molar-refractivity contribution is 0.884. The molecule has 0 aliphatic heterocycles. The molecule has 1 heterocycles. The molecule has 0 radical (unpaired) electrons. The van der Waals surface area contributed by atoms with Gasteiger partial charge in [0.25, 0.3) is 0 Å². The van der Waals surface area contributed by atoms with Gasteiger partial charge in [0.2, 0.25) is 0 Å². The Labute approximate surface area is 93.5 Å². The Morgan fingerprint density at radius 2 is 2.20 bits per heavy atom. The molecule has 2 aromatic rings. The van der Waals surface area contributed by atoms with Crippen molar-refractivity contribution in [1.29, 1.82) is 0 Å². The summed E-state index contributed by atoms with van der Waals surface area (Å²) in [6.07, 6.45) is 2.74. The maximum Gasteiger partial charge on any atom is 0.145 e. The highest BCUT2D eigenvalue weighted by atomic mass is 35.5. The summed E-state index contributed by atoms with van der Waals surface area (Å²) in [5.41, 5.74) is 7.61. The number of nitrogen functional groups attached to an aromatic ring is 1. The van der Waals surface area contributed by atoms with Crippen molar-refractivity contribution in [3.8, 4) is 5.69 Å². The van der Waals surface area contributed by atoms with E-state index in [2.05, 4.69) is 12.0 Å². The highest BCUT2D eigenvalue weighted by molar-refractivity contribution is 6.31. The van der Waals surface area contributed by atoms with E-state index in [0.717, 1.165) is 22.7 Å². The van der Waals surface area contributed by atoms with Crippen molar-refractivity contribution in [3.63, 3.8) is 0 Å². The Balaban J connectivity index is 2.42. The fourth-order valence-corrected chi connectivity index (χ4v) is 1.76. The van der Waals surface area contributed by atoms with Gasteiger partial charge >= 0.3 is 0 Å². The first kappa shape index (κ1) is 10.1. The van der Waals surface area contributed by atoms with Crippen LogP contribution in [0.4, 0.5) is 5.82 Å². The number of aryl methyl sites for hydroxylation is 1. The van der Waals surface area contributed by atoms with Gasteiger partial charge in [0.05, 0.1) is 5.69 Å². The zero-order chi connectivity index (χ0) is 10.8. The van der Waals surface area contributed by atoms with Gasteiger partial charge in [-0.2, -0.15) is 5.10 Å². The van der Waals surface area contributed by atoms with E-state index in [9.17, 15) is 0 Å². The van der Waals surface area contributed by atoms with E-state index in [1.165, 1.54) is 0 Å². The quantitative estimate of drug-likeness (QED) is 0.848. The summed E-state index contributed by atoms with van der Waals surface area (Å²) in [6.45, 7) is 2.08. The number of hydrogen-bond acceptors (Lipinski definition) is 2. The van der Waals surface area contributed by atoms with Crippen LogP contribution in [0, 0.1) is 0 Å². The molecule has 2 N–H and O–H groups in total. The normalized spacial score (nSPS) is 10.5. The third kappa shape index (κ3) is 1.97. The summed E-state index contributed by atoms with van der Waals surface area (Å²) < 4.78 is 1.71. The van der Waals surface area contributed by atoms with Crippen molar-refractivity contribution in [2.45, 2.75) is 13.3 Å². The number of nitrogens with zero attached hydrogens (tertiary/aromatic N) is 2. The Kier molecular flexibility index (Phi) is 2.64. The van der Waals surface area contributed by atoms with Gasteiger partial charge in [-0.15, -0.1) is 0 Å². The largest absolute Gasteiger partial charge is 0.382 e. The van der Waals surface area contributed by atoms with Crippen LogP contribution in [0.1, 0.15) is 12.5 Å². The molecule has 0 saturated heterocycles. The molecule has 0 aliphatic carbocycles. The summed E-state index contributed by atoms with van der Waals surface area (Å²) in [4.78, 5) is 0. The summed E-state index contributed by atoms with van der Waals surface area (Å²) in [7, 11) is 0. The summed E-state index contributed by atoms with van der Waals surface area (Å²) in [5, 5.41) is 4.88. The predicted molar refractivity (Wildman–Crippen MR) is 62.4 cm³/mol. The zero-order valence-corrected chi connectivity index (χ0v) is 9.20. The Morgan fingerprint density at radius 1 is 1.40 bits per heavy atom. The molecule has 15 heavy (non-hydrogen) atoms. The first-order valence-corrected chi connectivity index (χ1v) is 5.18. The van der Waals surface area contributed by atoms with E-state index in [0.29, 0.717) is 5.82 Å². The molecule has 0 amide bonds. The van der Waals surface area contributed by atoms with Crippen molar-refractivity contribution < 1.29 is 0 Å². The number of halogens is 1. The van der Waals surface area contributed by atoms with Crippen molar-refractivity contribution in [1.82, 2.24) is 9.78 Å². The van der Waals surface area contributed by atoms with Crippen molar-refractivity contribution in [2.75, 3.05) is 5.73 Å². The molecule has 1 aromatic heterocycles. The fraction of sp³-hybridized carbons (Fsp3) is 0.182. The van der Waals surface area contributed by atoms with Crippen LogP contribution >= 0.6 is 11.6 Å². The van der Waals surface area contributed by atoms with Crippen molar-refractivity contribution >= 4 is 17.4 Å². The van der Waals surface area contributed by atoms with Crippen LogP contribution in [0.15, 0.2) is 30.5 Å². The van der Waals surface area contributed by atoms with Gasteiger partial charge in [-0.25, -0.2) is 4.68 Å². The minimum Gasteiger partial charge on any atom is -0.382 e. The summed E-state index contributed by atoms with van der Waals surface area (Å²) in [5.74, 6) is 0.505. The van der Waals surface area contributed by atoms with E-state index in [1.807, 2.05) is 24.4 Å². The third-order valence-electron chi connectivity index (χ3n) is 2.29. The number of rotatable bonds is 2. The lowest BCUT2D eigenvalue weighted by Gasteiger charge is -2.05. The maximum atomic E-state index is 6.11. The summed E-state index contributed by atoms with van der Waals surface area (Å²) in [6, 6.07) is 7.64. The zero-order valence-electron chi connectivity index (χ0n) is 8.44. The van der Waals surface area contributed by atoms with E-state index in [4.69, 9.17) is 17.3 Å². The first-order valence-electron chi connectivity index (χ1n) is 4.80. The third-order valence-corrected chi connectivity index (χ3v) is 2.64. The monoisotopic (exact) mass is 221 g/mol. The highest BCUT2D eigenvalue weighted by Crippen LogP contribution is 2.20. The Bertz CT molecular complexity index is 476. The topological polar surface area (TPSA) is 43.8 Å². The van der Waals surface area contributed by atoms with Gasteiger partial charge in [-0.1, -0.05) is 24.6 Å². The molecular weight excluding hydrogens is 210 g/mol. The molecule has 0 spiro atoms. The van der Waals surface area contributed by atoms with Crippen LogP contribution in [0.5, 0.6) is 0 Å². The number of nitrogens with two attached hydrogens (primary N) is 1. The standard InChI is InChI=1S/C11H12ClN3/c1-2-8-3-4-9(7-10(8)12)15-6-5-11(13)14-15/h3-7H,2H2,1H3,(H2,13,14). The number of hydrogen-bond donors (Lipinski definition) is 1. The van der Waals surface area contributed by atoms with E-state index in [1.54, 1.807) is 10.7 Å². The smallest absolute Gasteiger partial charge is 0.145 e. The van der Waals surface area contributed by atoms with E-state index in [-0.39, 0.29) is 0 Å². The molecule has 0 saturated carbocycles. The van der Waals surface area contributed by atoms with Crippen LogP contribution in [-0.4, -0.2) is 9.78 Å². The molecule has 0 atom stereocenters. The second kappa shape index (κ2) is 3.95. The van der Waals surface area contributed by atoms with E-state index >= 15 is 0 Å². The molecule has 78 valence electrons. The maximum absolute atomic E-state index is 6.11. The minimum atomic E-state index is 0.505. The molecule has 0 bridgehead atoms. The van der Waals surface area contributed by atoms with Gasteiger partial charge in [0.1, 0.15) is 5.82 Å². The SMILES string of the molecule is CCc1ccc(-n2ccc(N)n2)cc1Cl. The molecule has 4 heteroatoms. The number of anilines is 1. The van der Waals surface area contributed by atoms with E-state index < -0.39 is 0 Å². The van der Waals surface area contributed by atoms with Crippen LogP contribution < -0.4 is 5.73 Å². The minimum absolute atomic E-state index is 0.505. The highest BCUT2D eigenvalue weighted by Gasteiger charge is 2.02. The van der Waals surface area contributed by atoms with Crippen LogP contribution in [0.2, 0.25) is 5.02 Å². The number of benzene rings is 1. The van der Waals surface area contributed by atoms with Gasteiger partial charge in [-0.05, 0) is 24.1 Å². The van der Waals surface area contributed by atoms with Gasteiger partial charge < -0.3 is 5.73 Å². The number of aromatic nitrogens is 2. The average molecular weight is 222 g/mol. The molecule has 0 fully saturated rings. The van der Waals surface area contributed by atoms with Crippen molar-refractivity contribution in [2.24, 2.45) is 0 Å². The Hall–Kier alpha value is -1.48. The van der Waals surface area contributed by atoms with Crippen molar-refractivity contribution in [3.05, 3.63) is 41.0 Å². The second-order valence-corrected chi connectivity index (χ2v) is 3.72. The second-order valence-electron chi connectivity index (χ2n) is 3.31. The fourth-order valence-electron chi connectivity index (χ4n) is 1.45. The van der Waals surface area contributed by atoms with Crippen LogP contribution in [0.25, 0.3) is 5.69 Å². The molecule has 0 unspecified atom stereocenters. The molecule has 1 aromatic carbocycles. The molecular formula is C11H12ClN3. The van der Waals surface area contributed by atoms with Crippen LogP contribution in [0.3, 0.4) is 0 Å². The first-order chi connectivity index (χ1) is 7.20. The lowest BCUT2D eigenvalue weighted by atomic mass is 10.1. The lowest BCUT2D eigenvalue weighted by Crippen LogP contribution is -1.97. The summed E-state index contributed by atoms with van der Waals surface area (Å²) >= 11 is 6.11. The van der Waals surface area contributed by atoms with Gasteiger partial charge in [0.15, 0.2) is 0 Å². The van der Waals surface area contributed by atoms with Crippen LogP contribution in [-0.2, 0) is 6.42 Å². The predicted octanol–water partition coefficient (Wildman–Crippen LogP) is 2.67. The molecule has 2 rings (SSSR count). The van der Waals surface area contributed by atoms with Gasteiger partial charge in [0, 0.05) is 17.3 Å². The Morgan fingerprint density at radius 3 is 2.73 bits per heavy atom. The molecule has 0 aliphatic rings. The van der Waals surface area contributed by atoms with Gasteiger partial charge in [-0.3, -0.25) is 0 Å². The molecule has 3 nitrogen and oxygen atoms in total.